The molecule has 9 nitrogen and oxygen atoms in total. The molecule has 1 amide bonds. The Morgan fingerprint density at radius 1 is 0.943 bits per heavy atom. The average molecular weight is 483 g/mol. The molecule has 0 aliphatic carbocycles. The van der Waals surface area contributed by atoms with E-state index in [0.717, 1.165) is 40.7 Å². The molecule has 4 heterocycles. The van der Waals surface area contributed by atoms with Gasteiger partial charge in [0, 0.05) is 59.7 Å². The standard InChI is InChI=1S/C25H22N8OS/c1-2-10-28-25-29-13-9-21(32-25)33-15-14-27-22(33)17-3-5-19(6-4-17)30-23(34)20-16-35-24(31-20)18-7-11-26-12-8-18/h3-9,11-16H,2,10H2,1H3,(H,30,34)(H,28,29,32). The topological polar surface area (TPSA) is 111 Å². The Kier molecular flexibility index (Phi) is 6.53. The van der Waals surface area contributed by atoms with Crippen LogP contribution in [0.5, 0.6) is 0 Å². The zero-order valence-corrected chi connectivity index (χ0v) is 19.7. The number of imidazole rings is 1. The molecular weight excluding hydrogens is 460 g/mol. The van der Waals surface area contributed by atoms with Crippen molar-refractivity contribution in [3.63, 3.8) is 0 Å². The molecular formula is C25H22N8OS. The number of nitrogens with zero attached hydrogens (tertiary/aromatic N) is 6. The van der Waals surface area contributed by atoms with Crippen LogP contribution in [0.25, 0.3) is 27.8 Å². The molecule has 4 aromatic heterocycles. The summed E-state index contributed by atoms with van der Waals surface area (Å²) in [6, 6.07) is 13.1. The summed E-state index contributed by atoms with van der Waals surface area (Å²) in [6.07, 6.45) is 9.71. The van der Waals surface area contributed by atoms with E-state index in [4.69, 9.17) is 0 Å². The SMILES string of the molecule is CCCNc1nccc(-n2ccnc2-c2ccc(NC(=O)c3csc(-c4ccncc4)n3)cc2)n1. The van der Waals surface area contributed by atoms with Crippen LogP contribution in [-0.2, 0) is 0 Å². The van der Waals surface area contributed by atoms with Crippen molar-refractivity contribution in [3.8, 4) is 27.8 Å². The Balaban J connectivity index is 1.30. The second-order valence-electron chi connectivity index (χ2n) is 7.59. The highest BCUT2D eigenvalue weighted by Gasteiger charge is 2.14. The van der Waals surface area contributed by atoms with Gasteiger partial charge in [-0.1, -0.05) is 6.92 Å². The molecule has 0 radical (unpaired) electrons. The molecule has 174 valence electrons. The molecule has 2 N–H and O–H groups in total. The van der Waals surface area contributed by atoms with E-state index in [-0.39, 0.29) is 5.91 Å². The quantitative estimate of drug-likeness (QED) is 0.323. The lowest BCUT2D eigenvalue weighted by Crippen LogP contribution is -2.12. The van der Waals surface area contributed by atoms with Crippen LogP contribution in [0.3, 0.4) is 0 Å². The van der Waals surface area contributed by atoms with Crippen molar-refractivity contribution in [2.45, 2.75) is 13.3 Å². The van der Waals surface area contributed by atoms with Gasteiger partial charge in [-0.05, 0) is 48.9 Å². The molecule has 0 saturated carbocycles. The molecule has 0 aliphatic heterocycles. The highest BCUT2D eigenvalue weighted by atomic mass is 32.1. The first-order chi connectivity index (χ1) is 17.2. The summed E-state index contributed by atoms with van der Waals surface area (Å²) in [7, 11) is 0. The van der Waals surface area contributed by atoms with Gasteiger partial charge in [-0.25, -0.2) is 15.0 Å². The van der Waals surface area contributed by atoms with E-state index in [1.54, 1.807) is 30.2 Å². The third-order valence-electron chi connectivity index (χ3n) is 5.13. The van der Waals surface area contributed by atoms with Gasteiger partial charge in [0.25, 0.3) is 5.91 Å². The van der Waals surface area contributed by atoms with E-state index in [1.807, 2.05) is 53.2 Å². The fourth-order valence-electron chi connectivity index (χ4n) is 3.41. The Morgan fingerprint density at radius 2 is 1.77 bits per heavy atom. The first kappa shape index (κ1) is 22.4. The number of carbonyl (C=O) groups is 1. The highest BCUT2D eigenvalue weighted by Crippen LogP contribution is 2.25. The van der Waals surface area contributed by atoms with Crippen LogP contribution in [0.2, 0.25) is 0 Å². The number of carbonyl (C=O) groups excluding carboxylic acids is 1. The molecule has 1 aromatic carbocycles. The lowest BCUT2D eigenvalue weighted by Gasteiger charge is -2.10. The normalized spacial score (nSPS) is 10.8. The summed E-state index contributed by atoms with van der Waals surface area (Å²) in [6.45, 7) is 2.90. The lowest BCUT2D eigenvalue weighted by molar-refractivity contribution is 0.102. The molecule has 10 heteroatoms. The van der Waals surface area contributed by atoms with E-state index < -0.39 is 0 Å². The average Bonchev–Trinajstić information content (AvgIpc) is 3.59. The summed E-state index contributed by atoms with van der Waals surface area (Å²) in [5, 5.41) is 8.64. The molecule has 0 fully saturated rings. The minimum absolute atomic E-state index is 0.260. The molecule has 5 rings (SSSR count). The Labute approximate surface area is 206 Å². The minimum Gasteiger partial charge on any atom is -0.354 e. The van der Waals surface area contributed by atoms with Gasteiger partial charge in [0.2, 0.25) is 5.95 Å². The van der Waals surface area contributed by atoms with Crippen LogP contribution >= 0.6 is 11.3 Å². The van der Waals surface area contributed by atoms with Crippen LogP contribution in [0, 0.1) is 0 Å². The maximum absolute atomic E-state index is 12.7. The zero-order valence-electron chi connectivity index (χ0n) is 18.9. The number of rotatable bonds is 8. The highest BCUT2D eigenvalue weighted by molar-refractivity contribution is 7.13. The fraction of sp³-hybridized carbons (Fsp3) is 0.120. The lowest BCUT2D eigenvalue weighted by atomic mass is 10.2. The molecule has 0 spiro atoms. The van der Waals surface area contributed by atoms with E-state index in [9.17, 15) is 4.79 Å². The van der Waals surface area contributed by atoms with Crippen LogP contribution in [0.15, 0.2) is 78.8 Å². The van der Waals surface area contributed by atoms with Gasteiger partial charge in [-0.3, -0.25) is 14.3 Å². The van der Waals surface area contributed by atoms with Gasteiger partial charge in [-0.15, -0.1) is 11.3 Å². The molecule has 5 aromatic rings. The minimum atomic E-state index is -0.260. The van der Waals surface area contributed by atoms with Crippen molar-refractivity contribution in [3.05, 3.63) is 84.5 Å². The van der Waals surface area contributed by atoms with Crippen molar-refractivity contribution in [1.82, 2.24) is 29.5 Å². The Bertz CT molecular complexity index is 1430. The van der Waals surface area contributed by atoms with Crippen molar-refractivity contribution in [2.24, 2.45) is 0 Å². The van der Waals surface area contributed by atoms with E-state index in [0.29, 0.717) is 17.3 Å². The summed E-state index contributed by atoms with van der Waals surface area (Å²) in [5.41, 5.74) is 2.87. The van der Waals surface area contributed by atoms with Crippen LogP contribution in [-0.4, -0.2) is 41.9 Å². The monoisotopic (exact) mass is 482 g/mol. The molecule has 0 unspecified atom stereocenters. The summed E-state index contributed by atoms with van der Waals surface area (Å²) in [5.74, 6) is 1.78. The van der Waals surface area contributed by atoms with Gasteiger partial charge >= 0.3 is 0 Å². The number of amides is 1. The molecule has 35 heavy (non-hydrogen) atoms. The van der Waals surface area contributed by atoms with E-state index >= 15 is 0 Å². The molecule has 0 saturated heterocycles. The number of pyridine rings is 1. The Hall–Kier alpha value is -4.44. The predicted octanol–water partition coefficient (Wildman–Crippen LogP) is 4.92. The number of anilines is 2. The maximum Gasteiger partial charge on any atom is 0.275 e. The third-order valence-corrected chi connectivity index (χ3v) is 6.02. The number of hydrogen-bond donors (Lipinski definition) is 2. The van der Waals surface area contributed by atoms with Crippen molar-refractivity contribution < 1.29 is 4.79 Å². The first-order valence-corrected chi connectivity index (χ1v) is 12.0. The van der Waals surface area contributed by atoms with Gasteiger partial charge in [-0.2, -0.15) is 4.98 Å². The van der Waals surface area contributed by atoms with Crippen molar-refractivity contribution in [1.29, 1.82) is 0 Å². The molecule has 0 bridgehead atoms. The number of nitrogens with one attached hydrogen (secondary N) is 2. The van der Waals surface area contributed by atoms with Crippen LogP contribution < -0.4 is 10.6 Å². The smallest absolute Gasteiger partial charge is 0.275 e. The predicted molar refractivity (Wildman–Crippen MR) is 137 cm³/mol. The fourth-order valence-corrected chi connectivity index (χ4v) is 4.22. The van der Waals surface area contributed by atoms with E-state index in [2.05, 4.69) is 42.5 Å². The largest absolute Gasteiger partial charge is 0.354 e. The van der Waals surface area contributed by atoms with Gasteiger partial charge in [0.15, 0.2) is 0 Å². The zero-order chi connectivity index (χ0) is 24.0. The first-order valence-electron chi connectivity index (χ1n) is 11.1. The maximum atomic E-state index is 12.7. The van der Waals surface area contributed by atoms with Gasteiger partial charge < -0.3 is 10.6 Å². The summed E-state index contributed by atoms with van der Waals surface area (Å²) in [4.78, 5) is 34.5. The van der Waals surface area contributed by atoms with Gasteiger partial charge in [0.1, 0.15) is 22.3 Å². The number of benzene rings is 1. The van der Waals surface area contributed by atoms with Crippen LogP contribution in [0.4, 0.5) is 11.6 Å². The number of aromatic nitrogens is 6. The summed E-state index contributed by atoms with van der Waals surface area (Å²) >= 11 is 1.42. The van der Waals surface area contributed by atoms with Gasteiger partial charge in [0.05, 0.1) is 0 Å². The summed E-state index contributed by atoms with van der Waals surface area (Å²) < 4.78 is 1.91. The number of hydrogen-bond acceptors (Lipinski definition) is 8. The van der Waals surface area contributed by atoms with E-state index in [1.165, 1.54) is 11.3 Å². The van der Waals surface area contributed by atoms with Crippen molar-refractivity contribution in [2.75, 3.05) is 17.2 Å². The molecule has 0 atom stereocenters. The van der Waals surface area contributed by atoms with Crippen LogP contribution in [0.1, 0.15) is 23.8 Å². The molecule has 0 aliphatic rings. The second-order valence-corrected chi connectivity index (χ2v) is 8.45. The van der Waals surface area contributed by atoms with Crippen molar-refractivity contribution >= 4 is 28.9 Å². The third kappa shape index (κ3) is 5.07. The second kappa shape index (κ2) is 10.2. The Morgan fingerprint density at radius 3 is 2.57 bits per heavy atom. The number of thiazole rings is 1.